The van der Waals surface area contributed by atoms with Gasteiger partial charge >= 0.3 is 0 Å². The number of aliphatic hydroxyl groups excluding tert-OH is 2. The summed E-state index contributed by atoms with van der Waals surface area (Å²) in [6, 6.07) is 10.0. The van der Waals surface area contributed by atoms with Gasteiger partial charge in [-0.3, -0.25) is 19.7 Å². The number of hydrogen-bond donors (Lipinski definition) is 3. The summed E-state index contributed by atoms with van der Waals surface area (Å²) < 4.78 is 5.39. The van der Waals surface area contributed by atoms with Gasteiger partial charge in [-0.05, 0) is 66.7 Å². The number of fused-ring (bicyclic) bond motifs is 1. The van der Waals surface area contributed by atoms with Gasteiger partial charge in [0.15, 0.2) is 0 Å². The molecule has 41 heavy (non-hydrogen) atoms. The molecule has 1 heterocycles. The molecule has 2 aliphatic rings. The van der Waals surface area contributed by atoms with Crippen molar-refractivity contribution >= 4 is 40.9 Å². The number of carbonyl (C=O) groups is 2. The van der Waals surface area contributed by atoms with E-state index in [4.69, 9.17) is 16.3 Å². The number of phenolic OH excluding ortho intramolecular Hbond substituents is 1. The van der Waals surface area contributed by atoms with E-state index < -0.39 is 47.2 Å². The lowest BCUT2D eigenvalue weighted by molar-refractivity contribution is -0.384. The van der Waals surface area contributed by atoms with Crippen molar-refractivity contribution in [2.45, 2.75) is 38.7 Å². The van der Waals surface area contributed by atoms with E-state index in [1.807, 2.05) is 13.0 Å². The molecule has 0 aromatic heterocycles. The molecule has 4 rings (SSSR count). The quantitative estimate of drug-likeness (QED) is 0.149. The lowest BCUT2D eigenvalue weighted by Crippen LogP contribution is -2.39. The second kappa shape index (κ2) is 12.9. The number of hydrogen-bond acceptors (Lipinski definition) is 8. The summed E-state index contributed by atoms with van der Waals surface area (Å²) in [5, 5.41) is 43.2. The maximum absolute atomic E-state index is 13.7. The molecule has 1 aliphatic carbocycles. The van der Waals surface area contributed by atoms with Crippen LogP contribution in [0.4, 0.5) is 11.4 Å². The predicted octanol–water partition coefficient (Wildman–Crippen LogP) is 4.65. The van der Waals surface area contributed by atoms with Crippen molar-refractivity contribution < 1.29 is 34.6 Å². The molecule has 0 bridgehead atoms. The van der Waals surface area contributed by atoms with E-state index in [2.05, 4.69) is 0 Å². The minimum absolute atomic E-state index is 0.0628. The van der Waals surface area contributed by atoms with Crippen LogP contribution in [0.5, 0.6) is 5.75 Å². The SMILES string of the molecule is CC/C(=C\c1ccc(O)cc1Cl)CC[C@@H](O)C1=C(COC)C[C@H]2C(=O)N(c3cccc([N+](=O)[O-])c3)C(=O)[C@H]2[C@H]1CO. The van der Waals surface area contributed by atoms with Crippen molar-refractivity contribution in [3.8, 4) is 5.75 Å². The zero-order valence-corrected chi connectivity index (χ0v) is 23.6. The van der Waals surface area contributed by atoms with Crippen molar-refractivity contribution in [3.05, 3.63) is 79.9 Å². The molecular weight excluding hydrogens is 552 g/mol. The van der Waals surface area contributed by atoms with Crippen LogP contribution >= 0.6 is 11.6 Å². The molecule has 2 aromatic rings. The van der Waals surface area contributed by atoms with Crippen molar-refractivity contribution in [3.63, 3.8) is 0 Å². The second-order valence-electron chi connectivity index (χ2n) is 10.3. The topological polar surface area (TPSA) is 150 Å². The number of carbonyl (C=O) groups excluding carboxylic acids is 2. The van der Waals surface area contributed by atoms with Gasteiger partial charge in [-0.2, -0.15) is 0 Å². The van der Waals surface area contributed by atoms with E-state index in [0.29, 0.717) is 35.4 Å². The Bertz CT molecular complexity index is 1400. The standard InChI is InChI=1S/C30H33ClN2O8/c1-3-17(11-18-8-9-22(35)14-25(18)31)7-10-26(36)27-19(16-41-2)12-23-28(24(27)15-34)30(38)32(29(23)37)20-5-4-6-21(13-20)33(39)40/h4-6,8-9,11,13-14,23-24,26,28,34-36H,3,7,10,12,15-16H2,1-2H3/b17-11+/t23-,24+,26-,28-/m1/s1. The Balaban J connectivity index is 1.61. The maximum atomic E-state index is 13.7. The highest BCUT2D eigenvalue weighted by Crippen LogP contribution is 2.47. The maximum Gasteiger partial charge on any atom is 0.271 e. The van der Waals surface area contributed by atoms with Gasteiger partial charge in [-0.15, -0.1) is 0 Å². The summed E-state index contributed by atoms with van der Waals surface area (Å²) in [6.07, 6.45) is 2.54. The van der Waals surface area contributed by atoms with Gasteiger partial charge in [0.25, 0.3) is 5.69 Å². The molecule has 1 fully saturated rings. The molecule has 1 saturated heterocycles. The lowest BCUT2D eigenvalue weighted by Gasteiger charge is -2.36. The number of aliphatic hydroxyl groups is 2. The first-order valence-electron chi connectivity index (χ1n) is 13.4. The molecular formula is C30H33ClN2O8. The van der Waals surface area contributed by atoms with Crippen LogP contribution in [0.15, 0.2) is 59.2 Å². The Morgan fingerprint density at radius 3 is 2.63 bits per heavy atom. The van der Waals surface area contributed by atoms with E-state index >= 15 is 0 Å². The van der Waals surface area contributed by atoms with E-state index in [0.717, 1.165) is 16.0 Å². The van der Waals surface area contributed by atoms with Gasteiger partial charge in [0, 0.05) is 25.2 Å². The van der Waals surface area contributed by atoms with Crippen LogP contribution in [-0.2, 0) is 14.3 Å². The monoisotopic (exact) mass is 584 g/mol. The van der Waals surface area contributed by atoms with Crippen LogP contribution in [0, 0.1) is 27.9 Å². The third-order valence-corrected chi connectivity index (χ3v) is 8.22. The van der Waals surface area contributed by atoms with Crippen LogP contribution in [0.2, 0.25) is 5.02 Å². The van der Waals surface area contributed by atoms with E-state index in [1.54, 1.807) is 12.1 Å². The Kier molecular flexibility index (Phi) is 9.60. The molecule has 0 spiro atoms. The van der Waals surface area contributed by atoms with E-state index in [1.165, 1.54) is 37.4 Å². The molecule has 0 unspecified atom stereocenters. The van der Waals surface area contributed by atoms with Crippen LogP contribution in [0.25, 0.3) is 6.08 Å². The van der Waals surface area contributed by atoms with Crippen LogP contribution < -0.4 is 4.90 Å². The summed E-state index contributed by atoms with van der Waals surface area (Å²) in [4.78, 5) is 38.8. The van der Waals surface area contributed by atoms with Gasteiger partial charge in [-0.25, -0.2) is 4.90 Å². The highest BCUT2D eigenvalue weighted by atomic mass is 35.5. The number of benzene rings is 2. The molecule has 4 atom stereocenters. The Morgan fingerprint density at radius 2 is 2.00 bits per heavy atom. The number of methoxy groups -OCH3 is 1. The Labute approximate surface area is 242 Å². The number of aromatic hydroxyl groups is 1. The zero-order chi connectivity index (χ0) is 29.8. The van der Waals surface area contributed by atoms with Crippen molar-refractivity contribution in [2.24, 2.45) is 17.8 Å². The minimum Gasteiger partial charge on any atom is -0.508 e. The van der Waals surface area contributed by atoms with Crippen LogP contribution in [0.3, 0.4) is 0 Å². The number of imide groups is 1. The molecule has 11 heteroatoms. The van der Waals surface area contributed by atoms with Crippen molar-refractivity contribution in [2.75, 3.05) is 25.2 Å². The normalized spacial score (nSPS) is 21.8. The van der Waals surface area contributed by atoms with Gasteiger partial charge < -0.3 is 20.1 Å². The molecule has 0 radical (unpaired) electrons. The Hall–Kier alpha value is -3.57. The van der Waals surface area contributed by atoms with Gasteiger partial charge in [0.1, 0.15) is 5.75 Å². The number of non-ortho nitro benzene ring substituents is 1. The molecule has 2 amide bonds. The smallest absolute Gasteiger partial charge is 0.271 e. The molecule has 218 valence electrons. The zero-order valence-electron chi connectivity index (χ0n) is 22.8. The largest absolute Gasteiger partial charge is 0.508 e. The minimum atomic E-state index is -1.02. The fraction of sp³-hybridized carbons (Fsp3) is 0.400. The number of halogens is 1. The molecule has 10 nitrogen and oxygen atoms in total. The van der Waals surface area contributed by atoms with Crippen molar-refractivity contribution in [1.82, 2.24) is 0 Å². The summed E-state index contributed by atoms with van der Waals surface area (Å²) in [6.45, 7) is 1.63. The van der Waals surface area contributed by atoms with Gasteiger partial charge in [0.05, 0.1) is 46.8 Å². The highest BCUT2D eigenvalue weighted by molar-refractivity contribution is 6.32. The first-order valence-corrected chi connectivity index (χ1v) is 13.8. The average Bonchev–Trinajstić information content (AvgIpc) is 3.20. The molecule has 2 aromatic carbocycles. The van der Waals surface area contributed by atoms with Gasteiger partial charge in [-0.1, -0.05) is 36.2 Å². The summed E-state index contributed by atoms with van der Waals surface area (Å²) in [5.74, 6) is -3.53. The number of anilines is 1. The summed E-state index contributed by atoms with van der Waals surface area (Å²) >= 11 is 6.26. The molecule has 0 saturated carbocycles. The molecule has 1 aliphatic heterocycles. The lowest BCUT2D eigenvalue weighted by atomic mass is 9.68. The summed E-state index contributed by atoms with van der Waals surface area (Å²) in [7, 11) is 1.49. The van der Waals surface area contributed by atoms with Crippen LogP contribution in [0.1, 0.15) is 38.2 Å². The van der Waals surface area contributed by atoms with E-state index in [-0.39, 0.29) is 30.2 Å². The highest BCUT2D eigenvalue weighted by Gasteiger charge is 2.55. The van der Waals surface area contributed by atoms with Crippen LogP contribution in [-0.4, -0.2) is 58.5 Å². The number of amides is 2. The second-order valence-corrected chi connectivity index (χ2v) is 10.7. The number of nitrogens with zero attached hydrogens (tertiary/aromatic N) is 2. The predicted molar refractivity (Wildman–Crippen MR) is 153 cm³/mol. The average molecular weight is 585 g/mol. The first kappa shape index (κ1) is 30.4. The fourth-order valence-electron chi connectivity index (χ4n) is 5.95. The number of nitro benzene ring substituents is 1. The number of allylic oxidation sites excluding steroid dienone is 1. The number of rotatable bonds is 11. The Morgan fingerprint density at radius 1 is 1.24 bits per heavy atom. The van der Waals surface area contributed by atoms with Gasteiger partial charge in [0.2, 0.25) is 11.8 Å². The first-order chi connectivity index (χ1) is 19.6. The number of phenols is 1. The third kappa shape index (κ3) is 6.20. The van der Waals surface area contributed by atoms with Crippen molar-refractivity contribution in [1.29, 1.82) is 0 Å². The number of nitro groups is 1. The third-order valence-electron chi connectivity index (χ3n) is 7.89. The fourth-order valence-corrected chi connectivity index (χ4v) is 6.18. The molecule has 3 N–H and O–H groups in total. The number of ether oxygens (including phenoxy) is 1. The van der Waals surface area contributed by atoms with E-state index in [9.17, 15) is 35.0 Å². The summed E-state index contributed by atoms with van der Waals surface area (Å²) in [5.41, 5.74) is 2.74.